The molecule has 0 N–H and O–H groups in total. The quantitative estimate of drug-likeness (QED) is 0.0395. The van der Waals surface area contributed by atoms with Gasteiger partial charge < -0.3 is 52.1 Å². The summed E-state index contributed by atoms with van der Waals surface area (Å²) < 4.78 is 67.7. The molecule has 3 aliphatic heterocycles. The maximum Gasteiger partial charge on any atom is 0.261 e. The molecule has 0 atom stereocenters. The number of benzene rings is 9. The van der Waals surface area contributed by atoms with Gasteiger partial charge in [0.25, 0.3) is 23.6 Å². The molecule has 0 radical (unpaired) electrons. The lowest BCUT2D eigenvalue weighted by atomic mass is 9.64. The number of aromatic nitrogens is 3. The normalized spacial score (nSPS) is 16.0. The SMILES string of the molecule is CC(C)(C)c1ccc(C(c2ccc(OCCn3cc(CCCCCCCCCN4C(=O)c5ccc6c7c(ccc(c57)C4=O)C(=O)N(Cc4cc5cc(c4)OCCOCCOCCOCCCOc4cccc7c(cccc47)OCCCOCCOCCOCCO5)C6=O)nn3)cc2)(c2ccc(C(C)(C)C)cc2)c2ccc(C(C)(C)C)cc2)cc1. The fraction of sp³-hybridized carbons (Fsp3) is 0.434. The van der Waals surface area contributed by atoms with E-state index in [1.54, 1.807) is 42.5 Å². The van der Waals surface area contributed by atoms with Gasteiger partial charge in [-0.25, -0.2) is 4.68 Å². The van der Waals surface area contributed by atoms with Crippen molar-refractivity contribution in [3.05, 3.63) is 255 Å². The summed E-state index contributed by atoms with van der Waals surface area (Å²) in [5, 5.41) is 11.6. The van der Waals surface area contributed by atoms with Crippen LogP contribution < -0.4 is 23.7 Å². The van der Waals surface area contributed by atoms with Gasteiger partial charge >= 0.3 is 0 Å². The van der Waals surface area contributed by atoms with Gasteiger partial charge in [-0.15, -0.1) is 5.10 Å². The van der Waals surface area contributed by atoms with Crippen molar-refractivity contribution in [3.8, 4) is 28.7 Å². The smallest absolute Gasteiger partial charge is 0.261 e. The number of carbonyl (C=O) groups excluding carboxylic acids is 4. The van der Waals surface area contributed by atoms with Crippen LogP contribution in [0.1, 0.15) is 212 Å². The van der Waals surface area contributed by atoms with E-state index in [0.717, 1.165) is 84.2 Å². The summed E-state index contributed by atoms with van der Waals surface area (Å²) in [5.41, 5.74) is 10.6. The summed E-state index contributed by atoms with van der Waals surface area (Å²) in [5.74, 6) is 1.28. The number of ether oxygens (including phenoxy) is 11. The highest BCUT2D eigenvalue weighted by Crippen LogP contribution is 2.48. The summed E-state index contributed by atoms with van der Waals surface area (Å²) in [4.78, 5) is 60.2. The van der Waals surface area contributed by atoms with Crippen LogP contribution in [0.5, 0.6) is 28.7 Å². The number of imide groups is 2. The number of hydrogen-bond acceptors (Lipinski definition) is 17. The van der Waals surface area contributed by atoms with E-state index >= 15 is 0 Å². The van der Waals surface area contributed by atoms with Crippen molar-refractivity contribution in [1.29, 1.82) is 0 Å². The van der Waals surface area contributed by atoms with E-state index in [9.17, 15) is 19.2 Å². The monoisotopic (exact) mass is 1620 g/mol. The maximum atomic E-state index is 14.6. The fourth-order valence-electron chi connectivity index (χ4n) is 15.8. The van der Waals surface area contributed by atoms with Gasteiger partial charge in [0.15, 0.2) is 0 Å². The van der Waals surface area contributed by atoms with Crippen LogP contribution >= 0.6 is 0 Å². The second-order valence-electron chi connectivity index (χ2n) is 34.0. The highest BCUT2D eigenvalue weighted by Gasteiger charge is 2.42. The zero-order valence-electron chi connectivity index (χ0n) is 70.9. The van der Waals surface area contributed by atoms with E-state index in [-0.39, 0.29) is 66.9 Å². The van der Waals surface area contributed by atoms with E-state index in [0.29, 0.717) is 151 Å². The highest BCUT2D eigenvalue weighted by atomic mass is 16.6. The van der Waals surface area contributed by atoms with Gasteiger partial charge in [0.1, 0.15) is 48.6 Å². The molecule has 3 aliphatic rings. The van der Waals surface area contributed by atoms with Crippen molar-refractivity contribution >= 4 is 45.2 Å². The van der Waals surface area contributed by atoms with Gasteiger partial charge in [-0.2, -0.15) is 0 Å². The summed E-state index contributed by atoms with van der Waals surface area (Å²) in [6.45, 7) is 27.6. The first-order valence-electron chi connectivity index (χ1n) is 42.5. The fourth-order valence-corrected chi connectivity index (χ4v) is 15.8. The summed E-state index contributed by atoms with van der Waals surface area (Å²) >= 11 is 0. The molecule has 1 aromatic heterocycles. The van der Waals surface area contributed by atoms with Gasteiger partial charge in [-0.3, -0.25) is 29.0 Å². The van der Waals surface area contributed by atoms with Crippen LogP contribution in [0.3, 0.4) is 0 Å². The Hall–Kier alpha value is -10.3. The predicted molar refractivity (Wildman–Crippen MR) is 462 cm³/mol. The molecule has 4 amide bonds. The molecule has 0 fully saturated rings. The van der Waals surface area contributed by atoms with Crippen molar-refractivity contribution in [2.24, 2.45) is 0 Å². The van der Waals surface area contributed by atoms with E-state index < -0.39 is 29.0 Å². The van der Waals surface area contributed by atoms with Crippen molar-refractivity contribution in [1.82, 2.24) is 24.8 Å². The number of aryl methyl sites for hydroxylation is 1. The van der Waals surface area contributed by atoms with E-state index in [1.165, 1.54) is 43.2 Å². The highest BCUT2D eigenvalue weighted by molar-refractivity contribution is 6.33. The maximum absolute atomic E-state index is 14.6. The number of amides is 4. The second kappa shape index (κ2) is 40.6. The Balaban J connectivity index is 0.553. The zero-order chi connectivity index (χ0) is 83.4. The Morgan fingerprint density at radius 3 is 1.15 bits per heavy atom. The Morgan fingerprint density at radius 2 is 0.731 bits per heavy atom. The number of hydrogen-bond donors (Lipinski definition) is 0. The van der Waals surface area contributed by atoms with Crippen LogP contribution in [0.25, 0.3) is 21.5 Å². The van der Waals surface area contributed by atoms with Crippen LogP contribution in [-0.4, -0.2) is 167 Å². The predicted octanol–water partition coefficient (Wildman–Crippen LogP) is 18.4. The Labute approximate surface area is 701 Å². The van der Waals surface area contributed by atoms with Crippen LogP contribution in [0.15, 0.2) is 182 Å². The third-order valence-electron chi connectivity index (χ3n) is 22.4. The second-order valence-corrected chi connectivity index (χ2v) is 34.0. The molecular formula is C99H117N5O15. The molecular weight excluding hydrogens is 1500 g/mol. The van der Waals surface area contributed by atoms with Gasteiger partial charge in [0.05, 0.1) is 103 Å². The number of nitrogens with zero attached hydrogens (tertiary/aromatic N) is 5. The molecule has 20 nitrogen and oxygen atoms in total. The number of carbonyl (C=O) groups is 4. The molecule has 9 aromatic carbocycles. The van der Waals surface area contributed by atoms with Gasteiger partial charge in [0, 0.05) is 88.7 Å². The van der Waals surface area contributed by atoms with E-state index in [1.807, 2.05) is 47.3 Å². The molecule has 628 valence electrons. The van der Waals surface area contributed by atoms with Crippen molar-refractivity contribution in [2.45, 2.75) is 161 Å². The van der Waals surface area contributed by atoms with Gasteiger partial charge in [-0.1, -0.05) is 209 Å². The minimum atomic E-state index is -0.622. The summed E-state index contributed by atoms with van der Waals surface area (Å²) in [7, 11) is 0. The van der Waals surface area contributed by atoms with E-state index in [2.05, 4.69) is 170 Å². The standard InChI is InChI=1S/C99H117N5O15/c1-96(2,3)71-26-32-74(33-27-71)99(75-34-28-72(29-35-75)97(4,5)6,76-36-30-73(31-37-76)98(7,8)9)77-38-40-79(41-39-77)115-52-47-102-69-78(100-101-102)21-15-13-11-10-12-14-16-46-103-92(105)84-42-44-86-91-87(45-43-85(90(84)91)93(103)106)95(108)104(94(86)107)68-70-65-80-67-81(66-70)117-64-62-114-60-58-112-56-54-110-49-20-51-119-89-25-18-23-83-82(89)22-17-24-88(83)118-50-19-48-109-53-55-111-57-59-113-61-63-116-80/h17-18,22-45,65-67,69H,10-16,19-21,46-64,68H2,1-9H3. The average Bonchev–Trinajstić information content (AvgIpc) is 0.923. The van der Waals surface area contributed by atoms with Gasteiger partial charge in [0.2, 0.25) is 0 Å². The lowest BCUT2D eigenvalue weighted by Crippen LogP contribution is -2.43. The molecule has 0 unspecified atom stereocenters. The lowest BCUT2D eigenvalue weighted by Gasteiger charge is -2.38. The van der Waals surface area contributed by atoms with Crippen molar-refractivity contribution in [3.63, 3.8) is 0 Å². The van der Waals surface area contributed by atoms with Crippen molar-refractivity contribution in [2.75, 3.05) is 119 Å². The first-order chi connectivity index (χ1) is 57.6. The minimum Gasteiger partial charge on any atom is -0.493 e. The summed E-state index contributed by atoms with van der Waals surface area (Å²) in [6, 6.07) is 60.0. The zero-order valence-corrected chi connectivity index (χ0v) is 70.9. The first kappa shape index (κ1) is 86.5. The van der Waals surface area contributed by atoms with E-state index in [4.69, 9.17) is 52.1 Å². The Kier molecular flexibility index (Phi) is 29.5. The van der Waals surface area contributed by atoms with Crippen LogP contribution in [0, 0.1) is 0 Å². The van der Waals surface area contributed by atoms with Gasteiger partial charge in [-0.05, 0) is 141 Å². The third-order valence-corrected chi connectivity index (χ3v) is 22.4. The molecule has 119 heavy (non-hydrogen) atoms. The third kappa shape index (κ3) is 21.8. The number of rotatable bonds is 20. The topological polar surface area (TPSA) is 207 Å². The molecule has 6 bridgehead atoms. The molecule has 10 aromatic rings. The van der Waals surface area contributed by atoms with Crippen molar-refractivity contribution < 1.29 is 71.3 Å². The van der Waals surface area contributed by atoms with Crippen LogP contribution in [0.2, 0.25) is 0 Å². The first-order valence-corrected chi connectivity index (χ1v) is 42.5. The lowest BCUT2D eigenvalue weighted by molar-refractivity contribution is 0.00751. The Morgan fingerprint density at radius 1 is 0.361 bits per heavy atom. The Bertz CT molecular complexity index is 4740. The molecule has 4 heterocycles. The minimum absolute atomic E-state index is 0.00605. The molecule has 0 spiro atoms. The molecule has 13 rings (SSSR count). The molecule has 0 saturated heterocycles. The van der Waals surface area contributed by atoms with Crippen LogP contribution in [-0.2, 0) is 69.6 Å². The summed E-state index contributed by atoms with van der Waals surface area (Å²) in [6.07, 6.45) is 10.8. The molecule has 20 heteroatoms. The molecule has 0 saturated carbocycles. The number of fused-ring (bicyclic) bond motifs is 2. The number of unbranched alkanes of at least 4 members (excludes halogenated alkanes) is 6. The van der Waals surface area contributed by atoms with Crippen LogP contribution in [0.4, 0.5) is 0 Å². The largest absolute Gasteiger partial charge is 0.493 e. The average molecular weight is 1620 g/mol. The molecule has 0 aliphatic carbocycles.